The van der Waals surface area contributed by atoms with Gasteiger partial charge in [0.1, 0.15) is 0 Å². The predicted octanol–water partition coefficient (Wildman–Crippen LogP) is 6.81. The van der Waals surface area contributed by atoms with Crippen LogP contribution in [0.15, 0.2) is 69.9 Å². The number of rotatable bonds is 6. The van der Waals surface area contributed by atoms with Gasteiger partial charge >= 0.3 is 0 Å². The SMILES string of the molecule is CCn1c(=O)c2c(-c3ccc(OC)c(OC)c3)c(Nc3ccc(C)cc3C)oc2c2ccccc21. The maximum atomic E-state index is 13.8. The number of ether oxygens (including phenoxy) is 2. The molecule has 0 aliphatic heterocycles. The molecule has 5 rings (SSSR count). The minimum absolute atomic E-state index is 0.0941. The molecule has 5 aromatic rings. The summed E-state index contributed by atoms with van der Waals surface area (Å²) in [6.45, 7) is 6.64. The summed E-state index contributed by atoms with van der Waals surface area (Å²) in [4.78, 5) is 13.8. The van der Waals surface area contributed by atoms with Crippen LogP contribution < -0.4 is 20.3 Å². The molecule has 0 amide bonds. The number of fused-ring (bicyclic) bond motifs is 3. The maximum absolute atomic E-state index is 13.8. The third kappa shape index (κ3) is 3.71. The molecule has 2 heterocycles. The Hall–Kier alpha value is -4.19. The van der Waals surface area contributed by atoms with Crippen molar-refractivity contribution in [3.63, 3.8) is 0 Å². The van der Waals surface area contributed by atoms with Gasteiger partial charge < -0.3 is 23.8 Å². The number of nitrogens with zero attached hydrogens (tertiary/aromatic N) is 1. The third-order valence-electron chi connectivity index (χ3n) is 6.43. The minimum atomic E-state index is -0.0941. The summed E-state index contributed by atoms with van der Waals surface area (Å²) in [6.07, 6.45) is 0. The first kappa shape index (κ1) is 22.6. The number of furan rings is 1. The number of benzene rings is 3. The average Bonchev–Trinajstić information content (AvgIpc) is 3.25. The summed E-state index contributed by atoms with van der Waals surface area (Å²) < 4.78 is 19.3. The van der Waals surface area contributed by atoms with Gasteiger partial charge in [-0.1, -0.05) is 35.9 Å². The number of hydrogen-bond donors (Lipinski definition) is 1. The van der Waals surface area contributed by atoms with Gasteiger partial charge in [-0.25, -0.2) is 0 Å². The summed E-state index contributed by atoms with van der Waals surface area (Å²) in [5, 5.41) is 4.89. The fourth-order valence-electron chi connectivity index (χ4n) is 4.72. The molecule has 2 aromatic heterocycles. The zero-order valence-corrected chi connectivity index (χ0v) is 20.6. The molecule has 178 valence electrons. The van der Waals surface area contributed by atoms with Crippen molar-refractivity contribution >= 4 is 33.4 Å². The van der Waals surface area contributed by atoms with Gasteiger partial charge in [-0.15, -0.1) is 0 Å². The van der Waals surface area contributed by atoms with E-state index in [9.17, 15) is 4.79 Å². The van der Waals surface area contributed by atoms with E-state index in [2.05, 4.69) is 18.3 Å². The minimum Gasteiger partial charge on any atom is -0.493 e. The van der Waals surface area contributed by atoms with Gasteiger partial charge in [-0.3, -0.25) is 4.79 Å². The number of methoxy groups -OCH3 is 2. The molecule has 0 aliphatic rings. The lowest BCUT2D eigenvalue weighted by Gasteiger charge is -2.12. The smallest absolute Gasteiger partial charge is 0.262 e. The van der Waals surface area contributed by atoms with Crippen molar-refractivity contribution < 1.29 is 13.9 Å². The lowest BCUT2D eigenvalue weighted by Crippen LogP contribution is -2.19. The Labute approximate surface area is 203 Å². The van der Waals surface area contributed by atoms with Gasteiger partial charge in [0.25, 0.3) is 5.56 Å². The largest absolute Gasteiger partial charge is 0.493 e. The molecule has 1 N–H and O–H groups in total. The third-order valence-corrected chi connectivity index (χ3v) is 6.43. The van der Waals surface area contributed by atoms with Crippen LogP contribution >= 0.6 is 0 Å². The number of pyridine rings is 1. The number of para-hydroxylation sites is 1. The van der Waals surface area contributed by atoms with Crippen molar-refractivity contribution in [3.8, 4) is 22.6 Å². The quantitative estimate of drug-likeness (QED) is 0.296. The molecule has 35 heavy (non-hydrogen) atoms. The van der Waals surface area contributed by atoms with Crippen LogP contribution in [-0.2, 0) is 6.54 Å². The Morgan fingerprint density at radius 1 is 0.943 bits per heavy atom. The van der Waals surface area contributed by atoms with E-state index in [4.69, 9.17) is 13.9 Å². The van der Waals surface area contributed by atoms with Gasteiger partial charge in [-0.2, -0.15) is 0 Å². The number of aromatic nitrogens is 1. The second kappa shape index (κ2) is 8.87. The normalized spacial score (nSPS) is 11.2. The van der Waals surface area contributed by atoms with Crippen molar-refractivity contribution in [2.24, 2.45) is 0 Å². The fourth-order valence-corrected chi connectivity index (χ4v) is 4.72. The maximum Gasteiger partial charge on any atom is 0.262 e. The highest BCUT2D eigenvalue weighted by atomic mass is 16.5. The van der Waals surface area contributed by atoms with E-state index in [1.54, 1.807) is 18.8 Å². The Kier molecular flexibility index (Phi) is 5.73. The average molecular weight is 469 g/mol. The molecule has 0 saturated heterocycles. The van der Waals surface area contributed by atoms with E-state index >= 15 is 0 Å². The second-order valence-corrected chi connectivity index (χ2v) is 8.59. The first-order chi connectivity index (χ1) is 17.0. The van der Waals surface area contributed by atoms with Crippen LogP contribution in [0.3, 0.4) is 0 Å². The second-order valence-electron chi connectivity index (χ2n) is 8.59. The lowest BCUT2D eigenvalue weighted by atomic mass is 10.0. The van der Waals surface area contributed by atoms with Crippen LogP contribution in [0.2, 0.25) is 0 Å². The van der Waals surface area contributed by atoms with Gasteiger partial charge in [0.05, 0.1) is 30.7 Å². The van der Waals surface area contributed by atoms with E-state index in [-0.39, 0.29) is 5.56 Å². The topological polar surface area (TPSA) is 65.6 Å². The molecule has 0 bridgehead atoms. The van der Waals surface area contributed by atoms with Crippen LogP contribution in [0.1, 0.15) is 18.1 Å². The van der Waals surface area contributed by atoms with E-state index in [1.165, 1.54) is 5.56 Å². The number of anilines is 2. The summed E-state index contributed by atoms with van der Waals surface area (Å²) in [7, 11) is 3.20. The van der Waals surface area contributed by atoms with Crippen molar-refractivity contribution in [3.05, 3.63) is 82.1 Å². The summed E-state index contributed by atoms with van der Waals surface area (Å²) in [5.74, 6) is 1.70. The molecule has 0 aliphatic carbocycles. The fraction of sp³-hybridized carbons (Fsp3) is 0.207. The van der Waals surface area contributed by atoms with Crippen LogP contribution in [0.25, 0.3) is 33.0 Å². The standard InChI is InChI=1S/C29H28N2O4/c1-6-31-22-10-8-7-9-20(22)27-26(29(31)32)25(19-12-14-23(33-4)24(16-19)34-5)28(35-27)30-21-13-11-17(2)15-18(21)3/h7-16,30H,6H2,1-5H3. The van der Waals surface area contributed by atoms with Gasteiger partial charge in [0.15, 0.2) is 17.1 Å². The van der Waals surface area contributed by atoms with E-state index < -0.39 is 0 Å². The zero-order chi connectivity index (χ0) is 24.7. The summed E-state index contributed by atoms with van der Waals surface area (Å²) >= 11 is 0. The summed E-state index contributed by atoms with van der Waals surface area (Å²) in [5.41, 5.74) is 5.97. The molecule has 0 spiro atoms. The first-order valence-corrected chi connectivity index (χ1v) is 11.6. The van der Waals surface area contributed by atoms with Crippen molar-refractivity contribution in [2.75, 3.05) is 19.5 Å². The number of hydrogen-bond acceptors (Lipinski definition) is 5. The molecule has 0 unspecified atom stereocenters. The predicted molar refractivity (Wildman–Crippen MR) is 141 cm³/mol. The highest BCUT2D eigenvalue weighted by Crippen LogP contribution is 2.43. The van der Waals surface area contributed by atoms with Crippen LogP contribution in [-0.4, -0.2) is 18.8 Å². The summed E-state index contributed by atoms with van der Waals surface area (Å²) in [6, 6.07) is 19.7. The monoisotopic (exact) mass is 468 g/mol. The lowest BCUT2D eigenvalue weighted by molar-refractivity contribution is 0.355. The van der Waals surface area contributed by atoms with E-state index in [1.807, 2.05) is 68.4 Å². The Morgan fingerprint density at radius 3 is 2.43 bits per heavy atom. The molecule has 0 saturated carbocycles. The Bertz CT molecular complexity index is 1630. The van der Waals surface area contributed by atoms with Crippen LogP contribution in [0.5, 0.6) is 11.5 Å². The van der Waals surface area contributed by atoms with Gasteiger partial charge in [-0.05, 0) is 62.2 Å². The molecule has 0 atom stereocenters. The molecule has 3 aromatic carbocycles. The molecule has 0 radical (unpaired) electrons. The zero-order valence-electron chi connectivity index (χ0n) is 20.6. The molecule has 0 fully saturated rings. The number of aryl methyl sites for hydroxylation is 3. The Balaban J connectivity index is 1.87. The molecule has 6 nitrogen and oxygen atoms in total. The van der Waals surface area contributed by atoms with Crippen molar-refractivity contribution in [2.45, 2.75) is 27.3 Å². The Morgan fingerprint density at radius 2 is 1.71 bits per heavy atom. The highest BCUT2D eigenvalue weighted by molar-refractivity contribution is 6.11. The molecular weight excluding hydrogens is 440 g/mol. The van der Waals surface area contributed by atoms with Gasteiger partial charge in [0, 0.05) is 17.6 Å². The van der Waals surface area contributed by atoms with Gasteiger partial charge in [0.2, 0.25) is 5.88 Å². The van der Waals surface area contributed by atoms with Crippen LogP contribution in [0.4, 0.5) is 11.6 Å². The highest BCUT2D eigenvalue weighted by Gasteiger charge is 2.24. The molecular formula is C29H28N2O4. The van der Waals surface area contributed by atoms with Crippen molar-refractivity contribution in [1.82, 2.24) is 4.57 Å². The number of nitrogens with one attached hydrogen (secondary N) is 1. The van der Waals surface area contributed by atoms with Crippen molar-refractivity contribution in [1.29, 1.82) is 0 Å². The van der Waals surface area contributed by atoms with Crippen LogP contribution in [0, 0.1) is 13.8 Å². The first-order valence-electron chi connectivity index (χ1n) is 11.6. The van der Waals surface area contributed by atoms with E-state index in [0.717, 1.165) is 27.7 Å². The molecule has 6 heteroatoms. The van der Waals surface area contributed by atoms with E-state index in [0.29, 0.717) is 40.5 Å².